The Morgan fingerprint density at radius 1 is 1.40 bits per heavy atom. The third-order valence-electron chi connectivity index (χ3n) is 2.46. The molecule has 6 nitrogen and oxygen atoms in total. The summed E-state index contributed by atoms with van der Waals surface area (Å²) in [5, 5.41) is 11.2. The number of carboxylic acid groups (broad SMARTS) is 1. The summed E-state index contributed by atoms with van der Waals surface area (Å²) in [6.07, 6.45) is -0.275. The minimum Gasteiger partial charge on any atom is -0.480 e. The first-order valence-electron chi connectivity index (χ1n) is 5.58. The highest BCUT2D eigenvalue weighted by molar-refractivity contribution is 9.10. The lowest BCUT2D eigenvalue weighted by atomic mass is 10.1. The van der Waals surface area contributed by atoms with Crippen molar-refractivity contribution in [2.45, 2.75) is 18.9 Å². The highest BCUT2D eigenvalue weighted by atomic mass is 79.9. The summed E-state index contributed by atoms with van der Waals surface area (Å²) < 4.78 is 13.1. The molecule has 0 heterocycles. The van der Waals surface area contributed by atoms with Crippen LogP contribution in [0.1, 0.15) is 23.2 Å². The van der Waals surface area contributed by atoms with E-state index in [-0.39, 0.29) is 22.9 Å². The van der Waals surface area contributed by atoms with E-state index < -0.39 is 29.6 Å². The van der Waals surface area contributed by atoms with Crippen LogP contribution in [0.4, 0.5) is 4.39 Å². The van der Waals surface area contributed by atoms with Gasteiger partial charge in [-0.25, -0.2) is 9.18 Å². The standard InChI is InChI=1S/C12H12BrFN2O4/c13-7-5-6(1-2-8(7)14)11(18)16-9(12(19)20)3-4-10(15)17/h1-2,5,9H,3-4H2,(H2,15,17)(H,16,18)(H,19,20)/t9-/m1/s1. The first-order valence-corrected chi connectivity index (χ1v) is 6.37. The van der Waals surface area contributed by atoms with Crippen molar-refractivity contribution in [2.75, 3.05) is 0 Å². The maximum Gasteiger partial charge on any atom is 0.326 e. The van der Waals surface area contributed by atoms with E-state index in [1.807, 2.05) is 0 Å². The summed E-state index contributed by atoms with van der Waals surface area (Å²) >= 11 is 2.93. The second kappa shape index (κ2) is 6.99. The molecule has 0 spiro atoms. The van der Waals surface area contributed by atoms with Crippen LogP contribution in [0.15, 0.2) is 22.7 Å². The molecule has 0 radical (unpaired) electrons. The van der Waals surface area contributed by atoms with Crippen LogP contribution in [0.3, 0.4) is 0 Å². The number of halogens is 2. The van der Waals surface area contributed by atoms with Crippen molar-refractivity contribution in [3.63, 3.8) is 0 Å². The molecule has 0 bridgehead atoms. The molecule has 108 valence electrons. The Labute approximate surface area is 122 Å². The van der Waals surface area contributed by atoms with E-state index in [1.54, 1.807) is 0 Å². The summed E-state index contributed by atoms with van der Waals surface area (Å²) in [6.45, 7) is 0. The second-order valence-corrected chi connectivity index (χ2v) is 4.85. The highest BCUT2D eigenvalue weighted by Crippen LogP contribution is 2.17. The van der Waals surface area contributed by atoms with Crippen LogP contribution in [0.2, 0.25) is 0 Å². The van der Waals surface area contributed by atoms with E-state index in [9.17, 15) is 18.8 Å². The van der Waals surface area contributed by atoms with E-state index in [4.69, 9.17) is 10.8 Å². The predicted octanol–water partition coefficient (Wildman–Crippen LogP) is 1.04. The van der Waals surface area contributed by atoms with Crippen LogP contribution < -0.4 is 11.1 Å². The number of primary amides is 1. The predicted molar refractivity (Wildman–Crippen MR) is 71.4 cm³/mol. The average molecular weight is 347 g/mol. The minimum absolute atomic E-state index is 0.0918. The summed E-state index contributed by atoms with van der Waals surface area (Å²) in [5.41, 5.74) is 5.03. The lowest BCUT2D eigenvalue weighted by Crippen LogP contribution is -2.41. The Kier molecular flexibility index (Phi) is 5.63. The number of nitrogens with one attached hydrogen (secondary N) is 1. The molecule has 0 aliphatic heterocycles. The van der Waals surface area contributed by atoms with E-state index >= 15 is 0 Å². The molecule has 0 saturated heterocycles. The molecule has 20 heavy (non-hydrogen) atoms. The summed E-state index contributed by atoms with van der Waals surface area (Å²) in [7, 11) is 0. The largest absolute Gasteiger partial charge is 0.480 e. The Morgan fingerprint density at radius 2 is 2.05 bits per heavy atom. The number of carboxylic acids is 1. The van der Waals surface area contributed by atoms with Gasteiger partial charge in [-0.05, 0) is 40.5 Å². The van der Waals surface area contributed by atoms with Crippen molar-refractivity contribution in [1.29, 1.82) is 0 Å². The smallest absolute Gasteiger partial charge is 0.326 e. The molecule has 1 rings (SSSR count). The molecule has 8 heteroatoms. The zero-order valence-electron chi connectivity index (χ0n) is 10.2. The lowest BCUT2D eigenvalue weighted by Gasteiger charge is -2.13. The van der Waals surface area contributed by atoms with Gasteiger partial charge in [0.25, 0.3) is 5.91 Å². The van der Waals surface area contributed by atoms with E-state index in [0.29, 0.717) is 0 Å². The van der Waals surface area contributed by atoms with Crippen LogP contribution in [-0.2, 0) is 9.59 Å². The fraction of sp³-hybridized carbons (Fsp3) is 0.250. The van der Waals surface area contributed by atoms with E-state index in [1.165, 1.54) is 12.1 Å². The number of rotatable bonds is 6. The van der Waals surface area contributed by atoms with Gasteiger partial charge in [-0.15, -0.1) is 0 Å². The topological polar surface area (TPSA) is 109 Å². The molecular weight excluding hydrogens is 335 g/mol. The zero-order valence-corrected chi connectivity index (χ0v) is 11.8. The maximum absolute atomic E-state index is 13.0. The fourth-order valence-corrected chi connectivity index (χ4v) is 1.80. The van der Waals surface area contributed by atoms with Crippen molar-refractivity contribution >= 4 is 33.7 Å². The molecular formula is C12H12BrFN2O4. The van der Waals surface area contributed by atoms with Crippen LogP contribution in [0.25, 0.3) is 0 Å². The maximum atomic E-state index is 13.0. The monoisotopic (exact) mass is 346 g/mol. The van der Waals surface area contributed by atoms with Crippen LogP contribution in [0, 0.1) is 5.82 Å². The van der Waals surface area contributed by atoms with Crippen LogP contribution >= 0.6 is 15.9 Å². The molecule has 4 N–H and O–H groups in total. The number of hydrogen-bond donors (Lipinski definition) is 3. The Hall–Kier alpha value is -1.96. The van der Waals surface area contributed by atoms with Crippen molar-refractivity contribution in [3.8, 4) is 0 Å². The van der Waals surface area contributed by atoms with Crippen molar-refractivity contribution < 1.29 is 23.9 Å². The van der Waals surface area contributed by atoms with Gasteiger partial charge in [-0.1, -0.05) is 0 Å². The number of benzene rings is 1. The zero-order chi connectivity index (χ0) is 15.3. The third-order valence-corrected chi connectivity index (χ3v) is 3.07. The van der Waals surface area contributed by atoms with Gasteiger partial charge in [-0.2, -0.15) is 0 Å². The molecule has 1 aromatic carbocycles. The Bertz CT molecular complexity index is 550. The number of carbonyl (C=O) groups is 3. The number of hydrogen-bond acceptors (Lipinski definition) is 3. The second-order valence-electron chi connectivity index (χ2n) is 4.00. The SMILES string of the molecule is NC(=O)CC[C@@H](NC(=O)c1ccc(F)c(Br)c1)C(=O)O. The molecule has 1 aromatic rings. The number of aliphatic carboxylic acids is 1. The van der Waals surface area contributed by atoms with Crippen molar-refractivity contribution in [1.82, 2.24) is 5.32 Å². The molecule has 1 atom stereocenters. The lowest BCUT2D eigenvalue weighted by molar-refractivity contribution is -0.139. The molecule has 0 aliphatic rings. The van der Waals surface area contributed by atoms with Gasteiger partial charge in [0.05, 0.1) is 4.47 Å². The highest BCUT2D eigenvalue weighted by Gasteiger charge is 2.21. The van der Waals surface area contributed by atoms with E-state index in [0.717, 1.165) is 6.07 Å². The summed E-state index contributed by atoms with van der Waals surface area (Å²) in [4.78, 5) is 33.4. The molecule has 2 amide bonds. The van der Waals surface area contributed by atoms with Crippen molar-refractivity contribution in [2.24, 2.45) is 5.73 Å². The first kappa shape index (κ1) is 16.1. The van der Waals surface area contributed by atoms with Gasteiger partial charge in [-0.3, -0.25) is 9.59 Å². The van der Waals surface area contributed by atoms with Crippen molar-refractivity contribution in [3.05, 3.63) is 34.1 Å². The fourth-order valence-electron chi connectivity index (χ4n) is 1.42. The molecule has 0 saturated carbocycles. The first-order chi connectivity index (χ1) is 9.31. The van der Waals surface area contributed by atoms with Crippen LogP contribution in [0.5, 0.6) is 0 Å². The summed E-state index contributed by atoms with van der Waals surface area (Å²) in [5.74, 6) is -3.15. The number of carbonyl (C=O) groups excluding carboxylic acids is 2. The number of amides is 2. The minimum atomic E-state index is -1.28. The van der Waals surface area contributed by atoms with Gasteiger partial charge in [0.1, 0.15) is 11.9 Å². The van der Waals surface area contributed by atoms with Gasteiger partial charge in [0, 0.05) is 12.0 Å². The molecule has 0 fully saturated rings. The summed E-state index contributed by atoms with van der Waals surface area (Å²) in [6, 6.07) is 2.30. The molecule has 0 aromatic heterocycles. The van der Waals surface area contributed by atoms with Gasteiger partial charge >= 0.3 is 5.97 Å². The third kappa shape index (κ3) is 4.61. The molecule has 0 aliphatic carbocycles. The van der Waals surface area contributed by atoms with Crippen LogP contribution in [-0.4, -0.2) is 28.9 Å². The Balaban J connectivity index is 2.77. The van der Waals surface area contributed by atoms with Gasteiger partial charge < -0.3 is 16.2 Å². The van der Waals surface area contributed by atoms with E-state index in [2.05, 4.69) is 21.2 Å². The average Bonchev–Trinajstić information content (AvgIpc) is 2.36. The van der Waals surface area contributed by atoms with Gasteiger partial charge in [0.15, 0.2) is 0 Å². The molecule has 0 unspecified atom stereocenters. The van der Waals surface area contributed by atoms with Gasteiger partial charge in [0.2, 0.25) is 5.91 Å². The Morgan fingerprint density at radius 3 is 2.55 bits per heavy atom. The number of nitrogens with two attached hydrogens (primary N) is 1. The normalized spacial score (nSPS) is 11.7. The quantitative estimate of drug-likeness (QED) is 0.714.